The topological polar surface area (TPSA) is 103 Å². The number of hydrazone groups is 1. The van der Waals surface area contributed by atoms with Gasteiger partial charge in [0.25, 0.3) is 5.69 Å². The average molecular weight is 305 g/mol. The van der Waals surface area contributed by atoms with E-state index >= 15 is 0 Å². The largest absolute Gasteiger partial charge is 0.473 e. The first-order valence-corrected chi connectivity index (χ1v) is 5.27. The Kier molecular flexibility index (Phi) is 3.65. The molecule has 0 saturated carbocycles. The molecule has 1 amide bonds. The number of nitrogens with one attached hydrogen (secondary N) is 1. The average Bonchev–Trinajstić information content (AvgIpc) is 2.83. The molecule has 21 heavy (non-hydrogen) atoms. The maximum Gasteiger partial charge on any atom is 0.473 e. The zero-order valence-electron chi connectivity index (χ0n) is 10.0. The molecule has 8 nitrogen and oxygen atoms in total. The van der Waals surface area contributed by atoms with E-state index in [1.807, 2.05) is 0 Å². The molecule has 0 spiro atoms. The third-order valence-electron chi connectivity index (χ3n) is 2.35. The minimum absolute atomic E-state index is 0.127. The molecular weight excluding hydrogens is 299 g/mol. The number of amides is 1. The van der Waals surface area contributed by atoms with Gasteiger partial charge in [-0.25, -0.2) is 5.43 Å². The summed E-state index contributed by atoms with van der Waals surface area (Å²) in [6.07, 6.45) is -4.39. The van der Waals surface area contributed by atoms with Crippen LogP contribution >= 0.6 is 0 Å². The van der Waals surface area contributed by atoms with Gasteiger partial charge in [-0.1, -0.05) is 0 Å². The van der Waals surface area contributed by atoms with E-state index in [0.29, 0.717) is 6.21 Å². The first-order valence-electron chi connectivity index (χ1n) is 5.27. The standard InChI is InChI=1S/C10H6F3N3O5/c11-10(12,13)9(17)15-14-3-5-1-7-8(21-4-20-7)2-6(5)16(18)19/h1-3H,4H2,(H,15,17). The highest BCUT2D eigenvalue weighted by Crippen LogP contribution is 2.37. The van der Waals surface area contributed by atoms with E-state index in [-0.39, 0.29) is 23.9 Å². The van der Waals surface area contributed by atoms with Crippen molar-refractivity contribution in [1.82, 2.24) is 5.43 Å². The van der Waals surface area contributed by atoms with E-state index in [4.69, 9.17) is 9.47 Å². The number of ether oxygens (including phenoxy) is 2. The van der Waals surface area contributed by atoms with E-state index in [1.165, 1.54) is 11.5 Å². The van der Waals surface area contributed by atoms with Gasteiger partial charge in [0.2, 0.25) is 6.79 Å². The first kappa shape index (κ1) is 14.6. The van der Waals surface area contributed by atoms with Crippen LogP contribution in [0.25, 0.3) is 0 Å². The van der Waals surface area contributed by atoms with Crippen molar-refractivity contribution in [2.75, 3.05) is 6.79 Å². The molecule has 0 fully saturated rings. The summed E-state index contributed by atoms with van der Waals surface area (Å²) in [5, 5.41) is 13.9. The van der Waals surface area contributed by atoms with Crippen molar-refractivity contribution in [3.05, 3.63) is 27.8 Å². The molecule has 0 radical (unpaired) electrons. The molecule has 1 aromatic carbocycles. The fourth-order valence-corrected chi connectivity index (χ4v) is 1.43. The lowest BCUT2D eigenvalue weighted by Crippen LogP contribution is -2.33. The molecule has 0 aliphatic carbocycles. The van der Waals surface area contributed by atoms with Gasteiger partial charge in [-0.3, -0.25) is 14.9 Å². The summed E-state index contributed by atoms with van der Waals surface area (Å²) in [6.45, 7) is -0.127. The van der Waals surface area contributed by atoms with Crippen molar-refractivity contribution in [2.24, 2.45) is 5.10 Å². The predicted octanol–water partition coefficient (Wildman–Crippen LogP) is 1.34. The van der Waals surface area contributed by atoms with Crippen LogP contribution in [0.2, 0.25) is 0 Å². The smallest absolute Gasteiger partial charge is 0.454 e. The van der Waals surface area contributed by atoms with E-state index in [1.54, 1.807) is 0 Å². The van der Waals surface area contributed by atoms with E-state index in [0.717, 1.165) is 6.07 Å². The summed E-state index contributed by atoms with van der Waals surface area (Å²) >= 11 is 0. The highest BCUT2D eigenvalue weighted by Gasteiger charge is 2.38. The van der Waals surface area contributed by atoms with Gasteiger partial charge in [-0.2, -0.15) is 18.3 Å². The number of nitro benzene ring substituents is 1. The van der Waals surface area contributed by atoms with Gasteiger partial charge in [-0.05, 0) is 6.07 Å². The molecule has 0 saturated heterocycles. The van der Waals surface area contributed by atoms with Crippen molar-refractivity contribution < 1.29 is 32.4 Å². The lowest BCUT2D eigenvalue weighted by molar-refractivity contribution is -0.385. The highest BCUT2D eigenvalue weighted by atomic mass is 19.4. The Morgan fingerprint density at radius 3 is 2.57 bits per heavy atom. The van der Waals surface area contributed by atoms with Crippen molar-refractivity contribution in [3.8, 4) is 11.5 Å². The molecule has 1 aliphatic heterocycles. The third kappa shape index (κ3) is 3.19. The van der Waals surface area contributed by atoms with Gasteiger partial charge in [0.05, 0.1) is 22.8 Å². The fourth-order valence-electron chi connectivity index (χ4n) is 1.43. The quantitative estimate of drug-likeness (QED) is 0.515. The van der Waals surface area contributed by atoms with Crippen LogP contribution in [0.15, 0.2) is 17.2 Å². The summed E-state index contributed by atoms with van der Waals surface area (Å²) in [6, 6.07) is 2.22. The highest BCUT2D eigenvalue weighted by molar-refractivity contribution is 5.89. The molecule has 1 aromatic rings. The van der Waals surface area contributed by atoms with Crippen molar-refractivity contribution >= 4 is 17.8 Å². The van der Waals surface area contributed by atoms with Crippen LogP contribution in [0.3, 0.4) is 0 Å². The van der Waals surface area contributed by atoms with Crippen LogP contribution < -0.4 is 14.9 Å². The second-order valence-electron chi connectivity index (χ2n) is 3.72. The second-order valence-corrected chi connectivity index (χ2v) is 3.72. The lowest BCUT2D eigenvalue weighted by atomic mass is 10.1. The molecule has 2 rings (SSSR count). The summed E-state index contributed by atoms with van der Waals surface area (Å²) in [5.74, 6) is -1.97. The molecule has 0 bridgehead atoms. The Bertz CT molecular complexity index is 629. The van der Waals surface area contributed by atoms with Crippen molar-refractivity contribution in [1.29, 1.82) is 0 Å². The number of carbonyl (C=O) groups excluding carboxylic acids is 1. The minimum Gasteiger partial charge on any atom is -0.454 e. The van der Waals surface area contributed by atoms with Crippen LogP contribution in [0.5, 0.6) is 11.5 Å². The minimum atomic E-state index is -5.10. The molecule has 0 unspecified atom stereocenters. The van der Waals surface area contributed by atoms with Gasteiger partial charge in [0.1, 0.15) is 0 Å². The Hall–Kier alpha value is -2.85. The summed E-state index contributed by atoms with van der Waals surface area (Å²) in [5.41, 5.74) is 0.615. The van der Waals surface area contributed by atoms with Gasteiger partial charge in [0, 0.05) is 0 Å². The van der Waals surface area contributed by atoms with Crippen molar-refractivity contribution in [2.45, 2.75) is 6.18 Å². The number of rotatable bonds is 3. The predicted molar refractivity (Wildman–Crippen MR) is 61.0 cm³/mol. The summed E-state index contributed by atoms with van der Waals surface area (Å²) in [7, 11) is 0. The third-order valence-corrected chi connectivity index (χ3v) is 2.35. The summed E-state index contributed by atoms with van der Waals surface area (Å²) in [4.78, 5) is 20.6. The fraction of sp³-hybridized carbons (Fsp3) is 0.200. The Morgan fingerprint density at radius 1 is 1.38 bits per heavy atom. The van der Waals surface area contributed by atoms with E-state index < -0.39 is 22.7 Å². The molecular formula is C10H6F3N3O5. The summed E-state index contributed by atoms with van der Waals surface area (Å²) < 4.78 is 45.7. The van der Waals surface area contributed by atoms with Gasteiger partial charge in [-0.15, -0.1) is 0 Å². The number of alkyl halides is 3. The second kappa shape index (κ2) is 5.26. The normalized spacial score (nSPS) is 13.5. The molecule has 0 atom stereocenters. The van der Waals surface area contributed by atoms with Crippen LogP contribution in [-0.4, -0.2) is 30.0 Å². The Balaban J connectivity index is 2.23. The Labute approximate surface area is 114 Å². The molecule has 1 aliphatic rings. The van der Waals surface area contributed by atoms with Crippen molar-refractivity contribution in [3.63, 3.8) is 0 Å². The number of hydrogen-bond acceptors (Lipinski definition) is 6. The maximum atomic E-state index is 11.9. The van der Waals surface area contributed by atoms with E-state index in [9.17, 15) is 28.1 Å². The number of carbonyl (C=O) groups is 1. The number of fused-ring (bicyclic) bond motifs is 1. The van der Waals surface area contributed by atoms with Crippen LogP contribution in [0.1, 0.15) is 5.56 Å². The molecule has 1 heterocycles. The zero-order chi connectivity index (χ0) is 15.6. The van der Waals surface area contributed by atoms with Gasteiger partial charge < -0.3 is 9.47 Å². The monoisotopic (exact) mass is 305 g/mol. The first-order chi connectivity index (χ1) is 9.79. The molecule has 0 aromatic heterocycles. The Morgan fingerprint density at radius 2 is 2.00 bits per heavy atom. The molecule has 1 N–H and O–H groups in total. The zero-order valence-corrected chi connectivity index (χ0v) is 10.0. The van der Waals surface area contributed by atoms with Crippen LogP contribution in [0, 0.1) is 10.1 Å². The van der Waals surface area contributed by atoms with Crippen LogP contribution in [-0.2, 0) is 4.79 Å². The number of benzene rings is 1. The number of nitrogens with zero attached hydrogens (tertiary/aromatic N) is 2. The van der Waals surface area contributed by atoms with E-state index in [2.05, 4.69) is 5.10 Å². The maximum absolute atomic E-state index is 11.9. The molecule has 11 heteroatoms. The number of nitro groups is 1. The lowest BCUT2D eigenvalue weighted by Gasteiger charge is -2.03. The molecule has 112 valence electrons. The SMILES string of the molecule is O=C(NN=Cc1cc2c(cc1[N+](=O)[O-])OCO2)C(F)(F)F. The number of halogens is 3. The number of hydrogen-bond donors (Lipinski definition) is 1. The van der Waals surface area contributed by atoms with Crippen LogP contribution in [0.4, 0.5) is 18.9 Å². The van der Waals surface area contributed by atoms with Gasteiger partial charge in [0.15, 0.2) is 11.5 Å². The van der Waals surface area contributed by atoms with Gasteiger partial charge >= 0.3 is 12.1 Å².